The summed E-state index contributed by atoms with van der Waals surface area (Å²) < 4.78 is 0. The van der Waals surface area contributed by atoms with Crippen LogP contribution in [-0.4, -0.2) is 5.11 Å². The molecular formula is C18H23NO. The monoisotopic (exact) mass is 269 g/mol. The Morgan fingerprint density at radius 3 is 2.45 bits per heavy atom. The van der Waals surface area contributed by atoms with Gasteiger partial charge in [-0.05, 0) is 48.2 Å². The van der Waals surface area contributed by atoms with Gasteiger partial charge < -0.3 is 10.4 Å². The van der Waals surface area contributed by atoms with Gasteiger partial charge in [0.1, 0.15) is 5.75 Å². The van der Waals surface area contributed by atoms with Gasteiger partial charge in [0.05, 0.1) is 0 Å². The normalized spacial score (nSPS) is 10.4. The van der Waals surface area contributed by atoms with Gasteiger partial charge in [-0.2, -0.15) is 0 Å². The molecule has 2 aromatic carbocycles. The van der Waals surface area contributed by atoms with E-state index < -0.39 is 0 Å². The van der Waals surface area contributed by atoms with Gasteiger partial charge in [-0.25, -0.2) is 0 Å². The van der Waals surface area contributed by atoms with Crippen molar-refractivity contribution in [3.63, 3.8) is 0 Å². The quantitative estimate of drug-likeness (QED) is 0.712. The summed E-state index contributed by atoms with van der Waals surface area (Å²) in [6.45, 7) is 2.96. The molecule has 106 valence electrons. The van der Waals surface area contributed by atoms with E-state index in [-0.39, 0.29) is 0 Å². The van der Waals surface area contributed by atoms with Crippen molar-refractivity contribution in [2.75, 3.05) is 5.32 Å². The van der Waals surface area contributed by atoms with Crippen LogP contribution < -0.4 is 5.32 Å². The zero-order chi connectivity index (χ0) is 14.2. The third kappa shape index (κ3) is 4.61. The lowest BCUT2D eigenvalue weighted by atomic mass is 10.1. The van der Waals surface area contributed by atoms with Crippen molar-refractivity contribution in [2.24, 2.45) is 0 Å². The Hall–Kier alpha value is -1.96. The van der Waals surface area contributed by atoms with Crippen molar-refractivity contribution in [1.29, 1.82) is 0 Å². The molecule has 2 nitrogen and oxygen atoms in total. The molecule has 0 aliphatic carbocycles. The second-order valence-corrected chi connectivity index (χ2v) is 5.18. The topological polar surface area (TPSA) is 32.3 Å². The summed E-state index contributed by atoms with van der Waals surface area (Å²) in [5.74, 6) is 0.315. The maximum Gasteiger partial charge on any atom is 0.115 e. The number of unbranched alkanes of at least 4 members (excludes halogenated alkanes) is 2. The Kier molecular flexibility index (Phi) is 5.48. The van der Waals surface area contributed by atoms with Crippen LogP contribution in [0.1, 0.15) is 37.3 Å². The first-order chi connectivity index (χ1) is 9.78. The maximum atomic E-state index is 9.42. The second kappa shape index (κ2) is 7.59. The summed E-state index contributed by atoms with van der Waals surface area (Å²) in [7, 11) is 0. The van der Waals surface area contributed by atoms with Gasteiger partial charge in [-0.1, -0.05) is 44.0 Å². The standard InChI is InChI=1S/C18H23NO/c1-2-3-4-6-15-9-11-17(12-10-15)19-14-16-7-5-8-18(20)13-16/h5,7-13,19-20H,2-4,6,14H2,1H3. The first-order valence-electron chi connectivity index (χ1n) is 7.38. The van der Waals surface area contributed by atoms with Gasteiger partial charge in [0.15, 0.2) is 0 Å². The number of aryl methyl sites for hydroxylation is 1. The Morgan fingerprint density at radius 2 is 1.75 bits per heavy atom. The minimum Gasteiger partial charge on any atom is -0.508 e. The molecule has 0 aliphatic rings. The highest BCUT2D eigenvalue weighted by molar-refractivity contribution is 5.45. The lowest BCUT2D eigenvalue weighted by Gasteiger charge is -2.08. The van der Waals surface area contributed by atoms with Gasteiger partial charge in [0.2, 0.25) is 0 Å². The van der Waals surface area contributed by atoms with E-state index in [1.807, 2.05) is 12.1 Å². The molecule has 0 heterocycles. The molecule has 0 unspecified atom stereocenters. The molecule has 0 spiro atoms. The number of phenolic OH excluding ortho intramolecular Hbond substituents is 1. The van der Waals surface area contributed by atoms with Crippen LogP contribution in [0.5, 0.6) is 5.75 Å². The average molecular weight is 269 g/mol. The maximum absolute atomic E-state index is 9.42. The molecule has 0 atom stereocenters. The Bertz CT molecular complexity index is 519. The summed E-state index contributed by atoms with van der Waals surface area (Å²) >= 11 is 0. The Balaban J connectivity index is 1.84. The van der Waals surface area contributed by atoms with Gasteiger partial charge in [0, 0.05) is 12.2 Å². The minimum atomic E-state index is 0.315. The predicted octanol–water partition coefficient (Wildman–Crippen LogP) is 4.74. The van der Waals surface area contributed by atoms with E-state index in [1.54, 1.807) is 12.1 Å². The zero-order valence-corrected chi connectivity index (χ0v) is 12.1. The number of hydrogen-bond acceptors (Lipinski definition) is 2. The molecule has 0 saturated heterocycles. The molecular weight excluding hydrogens is 246 g/mol. The average Bonchev–Trinajstić information content (AvgIpc) is 2.47. The van der Waals surface area contributed by atoms with Gasteiger partial charge >= 0.3 is 0 Å². The fourth-order valence-corrected chi connectivity index (χ4v) is 2.24. The molecule has 2 rings (SSSR count). The molecule has 0 aliphatic heterocycles. The van der Waals surface area contributed by atoms with Crippen LogP contribution in [0.3, 0.4) is 0 Å². The number of benzene rings is 2. The molecule has 20 heavy (non-hydrogen) atoms. The largest absolute Gasteiger partial charge is 0.508 e. The number of nitrogens with one attached hydrogen (secondary N) is 1. The van der Waals surface area contributed by atoms with E-state index in [2.05, 4.69) is 36.5 Å². The van der Waals surface area contributed by atoms with Crippen molar-refractivity contribution < 1.29 is 5.11 Å². The van der Waals surface area contributed by atoms with E-state index in [0.717, 1.165) is 17.8 Å². The Morgan fingerprint density at radius 1 is 0.950 bits per heavy atom. The van der Waals surface area contributed by atoms with Crippen LogP contribution in [0.2, 0.25) is 0 Å². The minimum absolute atomic E-state index is 0.315. The van der Waals surface area contributed by atoms with Crippen molar-refractivity contribution in [2.45, 2.75) is 39.2 Å². The number of aromatic hydroxyl groups is 1. The molecule has 0 saturated carbocycles. The first kappa shape index (κ1) is 14.4. The van der Waals surface area contributed by atoms with Crippen LogP contribution in [0.25, 0.3) is 0 Å². The second-order valence-electron chi connectivity index (χ2n) is 5.18. The molecule has 0 amide bonds. The number of phenols is 1. The summed E-state index contributed by atoms with van der Waals surface area (Å²) in [5, 5.41) is 12.8. The third-order valence-electron chi connectivity index (χ3n) is 3.43. The number of rotatable bonds is 7. The molecule has 0 radical (unpaired) electrons. The van der Waals surface area contributed by atoms with E-state index >= 15 is 0 Å². The van der Waals surface area contributed by atoms with Crippen molar-refractivity contribution in [3.05, 3.63) is 59.7 Å². The van der Waals surface area contributed by atoms with E-state index in [0.29, 0.717) is 5.75 Å². The molecule has 0 bridgehead atoms. The van der Waals surface area contributed by atoms with E-state index in [9.17, 15) is 5.11 Å². The van der Waals surface area contributed by atoms with Gasteiger partial charge in [-0.3, -0.25) is 0 Å². The predicted molar refractivity (Wildman–Crippen MR) is 85.1 cm³/mol. The van der Waals surface area contributed by atoms with Crippen LogP contribution in [-0.2, 0) is 13.0 Å². The first-order valence-corrected chi connectivity index (χ1v) is 7.38. The summed E-state index contributed by atoms with van der Waals surface area (Å²) in [6, 6.07) is 16.0. The van der Waals surface area contributed by atoms with Crippen LogP contribution in [0, 0.1) is 0 Å². The highest BCUT2D eigenvalue weighted by Crippen LogP contribution is 2.15. The van der Waals surface area contributed by atoms with Crippen LogP contribution in [0.4, 0.5) is 5.69 Å². The van der Waals surface area contributed by atoms with Crippen molar-refractivity contribution >= 4 is 5.69 Å². The highest BCUT2D eigenvalue weighted by Gasteiger charge is 1.97. The fraction of sp³-hybridized carbons (Fsp3) is 0.333. The number of anilines is 1. The van der Waals surface area contributed by atoms with Crippen LogP contribution >= 0.6 is 0 Å². The van der Waals surface area contributed by atoms with Crippen LogP contribution in [0.15, 0.2) is 48.5 Å². The van der Waals surface area contributed by atoms with Gasteiger partial charge in [-0.15, -0.1) is 0 Å². The molecule has 2 N–H and O–H groups in total. The van der Waals surface area contributed by atoms with Crippen molar-refractivity contribution in [3.8, 4) is 5.75 Å². The number of hydrogen-bond donors (Lipinski definition) is 2. The Labute approximate surface area is 121 Å². The van der Waals surface area contributed by atoms with Crippen molar-refractivity contribution in [1.82, 2.24) is 0 Å². The van der Waals surface area contributed by atoms with E-state index in [1.165, 1.54) is 31.2 Å². The highest BCUT2D eigenvalue weighted by atomic mass is 16.3. The lowest BCUT2D eigenvalue weighted by molar-refractivity contribution is 0.474. The lowest BCUT2D eigenvalue weighted by Crippen LogP contribution is -1.99. The van der Waals surface area contributed by atoms with Gasteiger partial charge in [0.25, 0.3) is 0 Å². The zero-order valence-electron chi connectivity index (χ0n) is 12.1. The summed E-state index contributed by atoms with van der Waals surface area (Å²) in [5.41, 5.74) is 3.60. The molecule has 0 fully saturated rings. The smallest absolute Gasteiger partial charge is 0.115 e. The van der Waals surface area contributed by atoms with E-state index in [4.69, 9.17) is 0 Å². The molecule has 2 aromatic rings. The summed E-state index contributed by atoms with van der Waals surface area (Å²) in [6.07, 6.45) is 5.01. The SMILES string of the molecule is CCCCCc1ccc(NCc2cccc(O)c2)cc1. The molecule has 0 aromatic heterocycles. The summed E-state index contributed by atoms with van der Waals surface area (Å²) in [4.78, 5) is 0. The fourth-order valence-electron chi connectivity index (χ4n) is 2.24. The molecule has 2 heteroatoms. The third-order valence-corrected chi connectivity index (χ3v) is 3.43.